The largest absolute Gasteiger partial charge is 0.495 e. The van der Waals surface area contributed by atoms with Gasteiger partial charge in [0.2, 0.25) is 0 Å². The van der Waals surface area contributed by atoms with Crippen molar-refractivity contribution >= 4 is 29.5 Å². The van der Waals surface area contributed by atoms with E-state index in [9.17, 15) is 19.2 Å². The predicted molar refractivity (Wildman–Crippen MR) is 91.5 cm³/mol. The monoisotopic (exact) mass is 363 g/mol. The molecule has 0 spiro atoms. The molecule has 2 N–H and O–H groups in total. The van der Waals surface area contributed by atoms with E-state index < -0.39 is 42.5 Å². The highest BCUT2D eigenvalue weighted by Gasteiger charge is 2.47. The molecule has 1 aromatic rings. The number of benzene rings is 1. The molecule has 0 aliphatic carbocycles. The van der Waals surface area contributed by atoms with Crippen LogP contribution in [-0.4, -0.2) is 54.5 Å². The summed E-state index contributed by atoms with van der Waals surface area (Å²) in [4.78, 5) is 48.6. The molecule has 4 amide bonds. The third kappa shape index (κ3) is 4.11. The van der Waals surface area contributed by atoms with Crippen LogP contribution in [-0.2, 0) is 19.1 Å². The van der Waals surface area contributed by atoms with Crippen LogP contribution in [0.2, 0.25) is 0 Å². The lowest BCUT2D eigenvalue weighted by molar-refractivity contribution is -0.150. The first-order valence-electron chi connectivity index (χ1n) is 8.03. The van der Waals surface area contributed by atoms with Crippen molar-refractivity contribution in [2.24, 2.45) is 0 Å². The number of anilines is 1. The van der Waals surface area contributed by atoms with E-state index in [4.69, 9.17) is 9.47 Å². The molecular formula is C17H21N3O6. The molecule has 9 heteroatoms. The van der Waals surface area contributed by atoms with E-state index >= 15 is 0 Å². The number of nitrogens with zero attached hydrogens (tertiary/aromatic N) is 1. The second-order valence-corrected chi connectivity index (χ2v) is 5.92. The number of amides is 4. The maximum absolute atomic E-state index is 12.2. The third-order valence-electron chi connectivity index (χ3n) is 4.08. The van der Waals surface area contributed by atoms with Gasteiger partial charge in [0.1, 0.15) is 17.8 Å². The van der Waals surface area contributed by atoms with Gasteiger partial charge in [-0.1, -0.05) is 19.1 Å². The quantitative estimate of drug-likeness (QED) is 0.549. The lowest BCUT2D eigenvalue weighted by Gasteiger charge is -2.18. The molecule has 0 radical (unpaired) electrons. The fraction of sp³-hybridized carbons (Fsp3) is 0.412. The maximum atomic E-state index is 12.2. The minimum Gasteiger partial charge on any atom is -0.495 e. The Hall–Kier alpha value is -3.10. The van der Waals surface area contributed by atoms with Gasteiger partial charge in [0, 0.05) is 0 Å². The molecule has 0 saturated carbocycles. The summed E-state index contributed by atoms with van der Waals surface area (Å²) in [6, 6.07) is 6.11. The second-order valence-electron chi connectivity index (χ2n) is 5.92. The van der Waals surface area contributed by atoms with Gasteiger partial charge in [0.15, 0.2) is 6.61 Å². The summed E-state index contributed by atoms with van der Waals surface area (Å²) in [5.41, 5.74) is -0.595. The molecule has 26 heavy (non-hydrogen) atoms. The minimum atomic E-state index is -1.03. The summed E-state index contributed by atoms with van der Waals surface area (Å²) in [7, 11) is 1.47. The van der Waals surface area contributed by atoms with Crippen LogP contribution in [0.15, 0.2) is 24.3 Å². The summed E-state index contributed by atoms with van der Waals surface area (Å²) < 4.78 is 9.95. The highest BCUT2D eigenvalue weighted by Crippen LogP contribution is 2.23. The third-order valence-corrected chi connectivity index (χ3v) is 4.08. The van der Waals surface area contributed by atoms with Crippen LogP contribution < -0.4 is 15.4 Å². The molecule has 9 nitrogen and oxygen atoms in total. The van der Waals surface area contributed by atoms with Crippen LogP contribution in [0.25, 0.3) is 0 Å². The van der Waals surface area contributed by atoms with Gasteiger partial charge in [-0.2, -0.15) is 0 Å². The van der Waals surface area contributed by atoms with E-state index in [0.717, 1.165) is 4.90 Å². The van der Waals surface area contributed by atoms with Crippen LogP contribution in [0.1, 0.15) is 20.3 Å². The lowest BCUT2D eigenvalue weighted by atomic mass is 9.99. The summed E-state index contributed by atoms with van der Waals surface area (Å²) in [5, 5.41) is 5.08. The molecule has 1 fully saturated rings. The molecule has 0 aromatic heterocycles. The number of hydrogen-bond acceptors (Lipinski definition) is 6. The first kappa shape index (κ1) is 19.2. The van der Waals surface area contributed by atoms with E-state index in [1.807, 2.05) is 0 Å². The van der Waals surface area contributed by atoms with Gasteiger partial charge >= 0.3 is 12.0 Å². The lowest BCUT2D eigenvalue weighted by Crippen LogP contribution is -2.43. The number of imide groups is 1. The van der Waals surface area contributed by atoms with Crippen molar-refractivity contribution in [2.75, 3.05) is 25.6 Å². The smallest absolute Gasteiger partial charge is 0.326 e. The molecular weight excluding hydrogens is 342 g/mol. The normalized spacial score (nSPS) is 19.1. The molecule has 1 aliphatic rings. The van der Waals surface area contributed by atoms with Crippen LogP contribution >= 0.6 is 0 Å². The van der Waals surface area contributed by atoms with E-state index in [-0.39, 0.29) is 0 Å². The second kappa shape index (κ2) is 7.85. The standard InChI is InChI=1S/C17H21N3O6/c1-4-17(2)15(23)20(16(24)19-17)9-14(22)26-10-13(21)18-11-7-5-6-8-12(11)25-3/h5-8H,4,9-10H2,1-3H3,(H,18,21)(H,19,24)/t17-/m0/s1. The zero-order valence-corrected chi connectivity index (χ0v) is 14.8. The van der Waals surface area contributed by atoms with E-state index in [2.05, 4.69) is 10.6 Å². The Bertz CT molecular complexity index is 735. The molecule has 1 heterocycles. The molecule has 0 bridgehead atoms. The van der Waals surface area contributed by atoms with E-state index in [1.54, 1.807) is 38.1 Å². The topological polar surface area (TPSA) is 114 Å². The number of nitrogens with one attached hydrogen (secondary N) is 2. The van der Waals surface area contributed by atoms with Gasteiger partial charge in [-0.25, -0.2) is 4.79 Å². The molecule has 0 unspecified atom stereocenters. The van der Waals surface area contributed by atoms with Gasteiger partial charge in [0.25, 0.3) is 11.8 Å². The number of rotatable bonds is 7. The first-order valence-corrected chi connectivity index (χ1v) is 8.03. The molecule has 1 atom stereocenters. The molecule has 2 rings (SSSR count). The Balaban J connectivity index is 1.86. The van der Waals surface area contributed by atoms with Crippen molar-refractivity contribution in [3.8, 4) is 5.75 Å². The molecule has 140 valence electrons. The SMILES string of the molecule is CC[C@]1(C)NC(=O)N(CC(=O)OCC(=O)Nc2ccccc2OC)C1=O. The summed E-state index contributed by atoms with van der Waals surface area (Å²) in [6.45, 7) is 2.23. The molecule has 1 aromatic carbocycles. The van der Waals surface area contributed by atoms with Crippen LogP contribution in [0.5, 0.6) is 5.75 Å². The van der Waals surface area contributed by atoms with Crippen molar-refractivity contribution < 1.29 is 28.7 Å². The molecule has 1 aliphatic heterocycles. The summed E-state index contributed by atoms with van der Waals surface area (Å²) in [5.74, 6) is -1.46. The highest BCUT2D eigenvalue weighted by molar-refractivity contribution is 6.08. The highest BCUT2D eigenvalue weighted by atomic mass is 16.5. The van der Waals surface area contributed by atoms with Crippen molar-refractivity contribution in [3.05, 3.63) is 24.3 Å². The van der Waals surface area contributed by atoms with E-state index in [1.165, 1.54) is 7.11 Å². The van der Waals surface area contributed by atoms with Gasteiger partial charge in [-0.3, -0.25) is 19.3 Å². The van der Waals surface area contributed by atoms with Crippen LogP contribution in [0, 0.1) is 0 Å². The van der Waals surface area contributed by atoms with E-state index in [0.29, 0.717) is 17.9 Å². The van der Waals surface area contributed by atoms with Gasteiger partial charge in [-0.05, 0) is 25.5 Å². The summed E-state index contributed by atoms with van der Waals surface area (Å²) in [6.07, 6.45) is 0.393. The Labute approximate surface area is 150 Å². The average Bonchev–Trinajstić information content (AvgIpc) is 2.84. The number of carbonyl (C=O) groups is 4. The number of methoxy groups -OCH3 is 1. The van der Waals surface area contributed by atoms with Gasteiger partial charge in [-0.15, -0.1) is 0 Å². The number of carbonyl (C=O) groups excluding carboxylic acids is 4. The van der Waals surface area contributed by atoms with Crippen molar-refractivity contribution in [2.45, 2.75) is 25.8 Å². The Morgan fingerprint density at radius 3 is 2.58 bits per heavy atom. The van der Waals surface area contributed by atoms with Crippen LogP contribution in [0.4, 0.5) is 10.5 Å². The average molecular weight is 363 g/mol. The van der Waals surface area contributed by atoms with Crippen LogP contribution in [0.3, 0.4) is 0 Å². The Kier molecular flexibility index (Phi) is 5.81. The summed E-state index contributed by atoms with van der Waals surface area (Å²) >= 11 is 0. The Morgan fingerprint density at radius 1 is 1.27 bits per heavy atom. The predicted octanol–water partition coefficient (Wildman–Crippen LogP) is 0.897. The fourth-order valence-corrected chi connectivity index (χ4v) is 2.39. The number of hydrogen-bond donors (Lipinski definition) is 2. The van der Waals surface area contributed by atoms with Gasteiger partial charge in [0.05, 0.1) is 12.8 Å². The zero-order valence-electron chi connectivity index (χ0n) is 14.8. The zero-order chi connectivity index (χ0) is 19.3. The number of urea groups is 1. The fourth-order valence-electron chi connectivity index (χ4n) is 2.39. The first-order chi connectivity index (χ1) is 12.3. The van der Waals surface area contributed by atoms with Gasteiger partial charge < -0.3 is 20.1 Å². The number of esters is 1. The van der Waals surface area contributed by atoms with Crippen molar-refractivity contribution in [3.63, 3.8) is 0 Å². The van der Waals surface area contributed by atoms with Crippen molar-refractivity contribution in [1.82, 2.24) is 10.2 Å². The minimum absolute atomic E-state index is 0.393. The van der Waals surface area contributed by atoms with Crippen molar-refractivity contribution in [1.29, 1.82) is 0 Å². The maximum Gasteiger partial charge on any atom is 0.326 e. The number of para-hydroxylation sites is 2. The number of ether oxygens (including phenoxy) is 2. The Morgan fingerprint density at radius 2 is 1.96 bits per heavy atom. The molecule has 1 saturated heterocycles.